The van der Waals surface area contributed by atoms with Gasteiger partial charge < -0.3 is 24.3 Å². The smallest absolute Gasteiger partial charge is 0.225 e. The van der Waals surface area contributed by atoms with E-state index in [1.54, 1.807) is 12.1 Å². The molecular weight excluding hydrogens is 399 g/mol. The van der Waals surface area contributed by atoms with Crippen molar-refractivity contribution in [1.29, 1.82) is 0 Å². The number of aromatic nitrogens is 1. The summed E-state index contributed by atoms with van der Waals surface area (Å²) in [6.07, 6.45) is 2.18. The lowest BCUT2D eigenvalue weighted by atomic mass is 9.96. The van der Waals surface area contributed by atoms with Crippen molar-refractivity contribution in [2.45, 2.75) is 18.6 Å². The highest BCUT2D eigenvalue weighted by Crippen LogP contribution is 2.26. The monoisotopic (exact) mass is 430 g/mol. The van der Waals surface area contributed by atoms with Gasteiger partial charge in [0.1, 0.15) is 23.8 Å². The number of rotatable bonds is 7. The maximum atomic E-state index is 13.3. The summed E-state index contributed by atoms with van der Waals surface area (Å²) in [6, 6.07) is 9.99. The number of piperazine rings is 1. The number of aromatic amines is 1. The number of hydrogen-bond donors (Lipinski definition) is 1. The zero-order chi connectivity index (χ0) is 21.7. The molecule has 0 saturated carbocycles. The minimum absolute atomic E-state index is 0.0949. The van der Waals surface area contributed by atoms with Gasteiger partial charge in [-0.2, -0.15) is 0 Å². The number of nitrogens with zero attached hydrogens (tertiary/aromatic N) is 3. The Morgan fingerprint density at radius 2 is 1.94 bits per heavy atom. The van der Waals surface area contributed by atoms with Crippen molar-refractivity contribution in [3.8, 4) is 5.75 Å². The largest absolute Gasteiger partial charge is 0.491 e. The van der Waals surface area contributed by atoms with Gasteiger partial charge in [0, 0.05) is 57.7 Å². The molecule has 2 fully saturated rings. The van der Waals surface area contributed by atoms with Crippen LogP contribution in [0.1, 0.15) is 12.1 Å². The molecule has 2 saturated heterocycles. The Labute approximate surface area is 182 Å². The fraction of sp³-hybridized carbons (Fsp3) is 0.522. The van der Waals surface area contributed by atoms with Gasteiger partial charge in [0.2, 0.25) is 5.91 Å². The lowest BCUT2D eigenvalue weighted by Crippen LogP contribution is -2.58. The molecule has 3 heterocycles. The number of ether oxygens (including phenoxy) is 2. The summed E-state index contributed by atoms with van der Waals surface area (Å²) in [7, 11) is 2.07. The number of halogens is 1. The Morgan fingerprint density at radius 3 is 2.65 bits per heavy atom. The summed E-state index contributed by atoms with van der Waals surface area (Å²) in [6.45, 7) is 6.13. The van der Waals surface area contributed by atoms with Crippen LogP contribution in [0.3, 0.4) is 0 Å². The second-order valence-corrected chi connectivity index (χ2v) is 8.54. The first-order valence-electron chi connectivity index (χ1n) is 10.8. The summed E-state index contributed by atoms with van der Waals surface area (Å²) >= 11 is 0. The quantitative estimate of drug-likeness (QED) is 0.728. The minimum atomic E-state index is -0.750. The number of carbonyl (C=O) groups excluding carboxylic acids is 1. The van der Waals surface area contributed by atoms with Crippen LogP contribution in [0.15, 0.2) is 42.6 Å². The van der Waals surface area contributed by atoms with Crippen molar-refractivity contribution in [1.82, 2.24) is 19.7 Å². The molecule has 0 aliphatic carbocycles. The summed E-state index contributed by atoms with van der Waals surface area (Å²) in [5, 5.41) is 0. The Morgan fingerprint density at radius 1 is 1.16 bits per heavy atom. The van der Waals surface area contributed by atoms with E-state index in [0.29, 0.717) is 18.9 Å². The van der Waals surface area contributed by atoms with Crippen molar-refractivity contribution in [2.75, 3.05) is 59.5 Å². The fourth-order valence-corrected chi connectivity index (χ4v) is 4.20. The second-order valence-electron chi connectivity index (χ2n) is 8.54. The van der Waals surface area contributed by atoms with Crippen molar-refractivity contribution < 1.29 is 18.7 Å². The van der Waals surface area contributed by atoms with Crippen LogP contribution in [0.2, 0.25) is 0 Å². The molecule has 8 heteroatoms. The van der Waals surface area contributed by atoms with E-state index in [0.717, 1.165) is 45.0 Å². The molecule has 1 aromatic heterocycles. The Hall–Kier alpha value is -2.42. The molecule has 0 unspecified atom stereocenters. The number of nitrogens with one attached hydrogen (secondary N) is 1. The fourth-order valence-electron chi connectivity index (χ4n) is 4.20. The first kappa shape index (κ1) is 21.8. The predicted octanol–water partition coefficient (Wildman–Crippen LogP) is 1.97. The second kappa shape index (κ2) is 9.80. The van der Waals surface area contributed by atoms with Crippen molar-refractivity contribution in [3.05, 3.63) is 54.1 Å². The number of amides is 1. The summed E-state index contributed by atoms with van der Waals surface area (Å²) in [5.74, 6) is 0.355. The maximum absolute atomic E-state index is 13.3. The van der Waals surface area contributed by atoms with Crippen LogP contribution < -0.4 is 4.74 Å². The van der Waals surface area contributed by atoms with E-state index in [4.69, 9.17) is 9.47 Å². The normalized spacial score (nSPS) is 23.1. The Balaban J connectivity index is 1.46. The number of benzene rings is 1. The van der Waals surface area contributed by atoms with E-state index < -0.39 is 5.60 Å². The van der Waals surface area contributed by atoms with Gasteiger partial charge >= 0.3 is 0 Å². The van der Waals surface area contributed by atoms with Gasteiger partial charge in [0.15, 0.2) is 0 Å². The van der Waals surface area contributed by atoms with Gasteiger partial charge in [-0.15, -0.1) is 0 Å². The number of hydrogen-bond acceptors (Lipinski definition) is 5. The van der Waals surface area contributed by atoms with E-state index >= 15 is 0 Å². The molecule has 1 amide bonds. The van der Waals surface area contributed by atoms with Gasteiger partial charge in [0.25, 0.3) is 0 Å². The molecule has 4 rings (SSSR count). The maximum Gasteiger partial charge on any atom is 0.225 e. The third-order valence-electron chi connectivity index (χ3n) is 6.03. The van der Waals surface area contributed by atoms with Crippen LogP contribution in [0.25, 0.3) is 0 Å². The van der Waals surface area contributed by atoms with E-state index in [1.807, 2.05) is 17.2 Å². The molecule has 1 N–H and O–H groups in total. The van der Waals surface area contributed by atoms with Crippen molar-refractivity contribution >= 4 is 5.91 Å². The molecule has 2 aliphatic rings. The average Bonchev–Trinajstić information content (AvgIpc) is 3.27. The standard InChI is InChI=1S/C23H31FN4O3/c1-26-9-11-28(12-10-26)22(29)15-23(18-30-21-6-4-19(24)5-7-21)17-27(13-14-31-23)16-20-3-2-8-25-20/h2-8,25H,9-18H2,1H3/t23-/m0/s1. The van der Waals surface area contributed by atoms with Crippen LogP contribution in [-0.2, 0) is 16.1 Å². The molecule has 0 radical (unpaired) electrons. The van der Waals surface area contributed by atoms with E-state index in [1.165, 1.54) is 12.1 Å². The van der Waals surface area contributed by atoms with Crippen LogP contribution in [-0.4, -0.2) is 90.7 Å². The molecule has 168 valence electrons. The van der Waals surface area contributed by atoms with E-state index in [-0.39, 0.29) is 24.8 Å². The van der Waals surface area contributed by atoms with E-state index in [2.05, 4.69) is 27.9 Å². The summed E-state index contributed by atoms with van der Waals surface area (Å²) in [5.41, 5.74) is 0.375. The zero-order valence-corrected chi connectivity index (χ0v) is 18.1. The first-order chi connectivity index (χ1) is 15.0. The molecule has 0 spiro atoms. The topological polar surface area (TPSA) is 61.0 Å². The van der Waals surface area contributed by atoms with Gasteiger partial charge in [-0.1, -0.05) is 0 Å². The molecule has 0 bridgehead atoms. The highest BCUT2D eigenvalue weighted by Gasteiger charge is 2.41. The van der Waals surface area contributed by atoms with E-state index in [9.17, 15) is 9.18 Å². The van der Waals surface area contributed by atoms with Crippen LogP contribution in [0, 0.1) is 5.82 Å². The first-order valence-corrected chi connectivity index (χ1v) is 10.8. The van der Waals surface area contributed by atoms with Gasteiger partial charge in [-0.25, -0.2) is 4.39 Å². The molecule has 1 atom stereocenters. The predicted molar refractivity (Wildman–Crippen MR) is 115 cm³/mol. The number of morpholine rings is 1. The third kappa shape index (κ3) is 5.84. The Kier molecular flexibility index (Phi) is 6.89. The van der Waals surface area contributed by atoms with Gasteiger partial charge in [0.05, 0.1) is 13.0 Å². The van der Waals surface area contributed by atoms with Gasteiger partial charge in [-0.3, -0.25) is 9.69 Å². The molecule has 1 aromatic carbocycles. The van der Waals surface area contributed by atoms with Crippen LogP contribution in [0.4, 0.5) is 4.39 Å². The highest BCUT2D eigenvalue weighted by atomic mass is 19.1. The molecule has 31 heavy (non-hydrogen) atoms. The molecule has 7 nitrogen and oxygen atoms in total. The van der Waals surface area contributed by atoms with Crippen molar-refractivity contribution in [2.24, 2.45) is 0 Å². The zero-order valence-electron chi connectivity index (χ0n) is 18.1. The lowest BCUT2D eigenvalue weighted by Gasteiger charge is -2.43. The SMILES string of the molecule is CN1CCN(C(=O)C[C@@]2(COc3ccc(F)cc3)CN(Cc3ccc[nH]3)CCO2)CC1. The number of carbonyl (C=O) groups is 1. The third-order valence-corrected chi connectivity index (χ3v) is 6.03. The Bertz CT molecular complexity index is 837. The molecule has 2 aliphatic heterocycles. The average molecular weight is 431 g/mol. The minimum Gasteiger partial charge on any atom is -0.491 e. The van der Waals surface area contributed by atoms with Crippen molar-refractivity contribution in [3.63, 3.8) is 0 Å². The number of H-pyrrole nitrogens is 1. The highest BCUT2D eigenvalue weighted by molar-refractivity contribution is 5.77. The van der Waals surface area contributed by atoms with Crippen LogP contribution in [0.5, 0.6) is 5.75 Å². The summed E-state index contributed by atoms with van der Waals surface area (Å²) in [4.78, 5) is 22.8. The van der Waals surface area contributed by atoms with Gasteiger partial charge in [-0.05, 0) is 43.4 Å². The lowest BCUT2D eigenvalue weighted by molar-refractivity contribution is -0.158. The number of likely N-dealkylation sites (N-methyl/N-ethyl adjacent to an activating group) is 1. The molecular formula is C23H31FN4O3. The molecule has 2 aromatic rings. The van der Waals surface area contributed by atoms with Crippen LogP contribution >= 0.6 is 0 Å². The summed E-state index contributed by atoms with van der Waals surface area (Å²) < 4.78 is 25.5.